The minimum Gasteiger partial charge on any atom is -0.392 e. The first-order chi connectivity index (χ1) is 9.61. The van der Waals surface area contributed by atoms with Crippen LogP contribution in [0.5, 0.6) is 0 Å². The highest BCUT2D eigenvalue weighted by atomic mass is 32.1. The van der Waals surface area contributed by atoms with Gasteiger partial charge in [0.1, 0.15) is 0 Å². The van der Waals surface area contributed by atoms with Crippen LogP contribution in [-0.4, -0.2) is 26.9 Å². The normalized spacial score (nSPS) is 12.1. The SMILES string of the molecule is CCCC(NC(=O)c1ccc2nccnc2c1)C(N)=S. The van der Waals surface area contributed by atoms with E-state index < -0.39 is 0 Å². The Labute approximate surface area is 122 Å². The van der Waals surface area contributed by atoms with Crippen LogP contribution in [0.1, 0.15) is 30.1 Å². The molecule has 1 unspecified atom stereocenters. The molecule has 0 aliphatic rings. The number of carbonyl (C=O) groups excluding carboxylic acids is 1. The number of carbonyl (C=O) groups is 1. The first-order valence-corrected chi connectivity index (χ1v) is 6.83. The molecule has 6 heteroatoms. The van der Waals surface area contributed by atoms with Crippen molar-refractivity contribution < 1.29 is 4.79 Å². The van der Waals surface area contributed by atoms with Crippen molar-refractivity contribution >= 4 is 34.1 Å². The van der Waals surface area contributed by atoms with Gasteiger partial charge in [0.15, 0.2) is 0 Å². The van der Waals surface area contributed by atoms with E-state index in [1.165, 1.54) is 0 Å². The lowest BCUT2D eigenvalue weighted by molar-refractivity contribution is 0.0946. The van der Waals surface area contributed by atoms with Crippen molar-refractivity contribution in [1.82, 2.24) is 15.3 Å². The van der Waals surface area contributed by atoms with Gasteiger partial charge in [0.2, 0.25) is 0 Å². The van der Waals surface area contributed by atoms with Gasteiger partial charge in [-0.25, -0.2) is 0 Å². The number of nitrogens with zero attached hydrogens (tertiary/aromatic N) is 2. The molecular weight excluding hydrogens is 272 g/mol. The van der Waals surface area contributed by atoms with Gasteiger partial charge in [0, 0.05) is 18.0 Å². The number of thiocarbonyl (C=S) groups is 1. The van der Waals surface area contributed by atoms with E-state index in [1.54, 1.807) is 30.6 Å². The Balaban J connectivity index is 2.20. The Bertz CT molecular complexity index is 644. The van der Waals surface area contributed by atoms with Crippen molar-refractivity contribution in [1.29, 1.82) is 0 Å². The molecular formula is C14H16N4OS. The fourth-order valence-corrected chi connectivity index (χ4v) is 2.10. The average Bonchev–Trinajstić information content (AvgIpc) is 2.46. The molecule has 0 aliphatic heterocycles. The predicted molar refractivity (Wildman–Crippen MR) is 82.5 cm³/mol. The highest BCUT2D eigenvalue weighted by Gasteiger charge is 2.15. The molecule has 3 N–H and O–H groups in total. The van der Waals surface area contributed by atoms with Gasteiger partial charge in [0.25, 0.3) is 5.91 Å². The summed E-state index contributed by atoms with van der Waals surface area (Å²) < 4.78 is 0. The summed E-state index contributed by atoms with van der Waals surface area (Å²) in [5.41, 5.74) is 7.59. The maximum atomic E-state index is 12.2. The van der Waals surface area contributed by atoms with Crippen LogP contribution in [0.2, 0.25) is 0 Å². The Morgan fingerprint density at radius 2 is 2.05 bits per heavy atom. The third kappa shape index (κ3) is 3.27. The van der Waals surface area contributed by atoms with Gasteiger partial charge >= 0.3 is 0 Å². The van der Waals surface area contributed by atoms with E-state index in [4.69, 9.17) is 18.0 Å². The third-order valence-electron chi connectivity index (χ3n) is 2.96. The third-order valence-corrected chi connectivity index (χ3v) is 3.24. The Hall–Kier alpha value is -2.08. The van der Waals surface area contributed by atoms with Crippen LogP contribution >= 0.6 is 12.2 Å². The van der Waals surface area contributed by atoms with Crippen LogP contribution < -0.4 is 11.1 Å². The summed E-state index contributed by atoms with van der Waals surface area (Å²) in [6.45, 7) is 2.02. The number of fused-ring (bicyclic) bond motifs is 1. The molecule has 0 spiro atoms. The average molecular weight is 288 g/mol. The highest BCUT2D eigenvalue weighted by molar-refractivity contribution is 7.80. The molecule has 2 rings (SSSR count). The number of rotatable bonds is 5. The van der Waals surface area contributed by atoms with Crippen molar-refractivity contribution in [2.24, 2.45) is 5.73 Å². The van der Waals surface area contributed by atoms with Crippen LogP contribution in [0.3, 0.4) is 0 Å². The van der Waals surface area contributed by atoms with Crippen molar-refractivity contribution in [3.63, 3.8) is 0 Å². The van der Waals surface area contributed by atoms with Gasteiger partial charge in [0.05, 0.1) is 22.1 Å². The smallest absolute Gasteiger partial charge is 0.251 e. The van der Waals surface area contributed by atoms with Gasteiger partial charge in [-0.2, -0.15) is 0 Å². The largest absolute Gasteiger partial charge is 0.392 e. The molecule has 1 aromatic heterocycles. The number of hydrogen-bond acceptors (Lipinski definition) is 4. The summed E-state index contributed by atoms with van der Waals surface area (Å²) in [4.78, 5) is 20.9. The van der Waals surface area contributed by atoms with Gasteiger partial charge in [-0.05, 0) is 24.6 Å². The van der Waals surface area contributed by atoms with Crippen molar-refractivity contribution in [3.8, 4) is 0 Å². The molecule has 0 saturated carbocycles. The maximum Gasteiger partial charge on any atom is 0.251 e. The molecule has 104 valence electrons. The molecule has 1 amide bonds. The van der Waals surface area contributed by atoms with E-state index in [0.29, 0.717) is 16.1 Å². The lowest BCUT2D eigenvalue weighted by Crippen LogP contribution is -2.43. The second-order valence-corrected chi connectivity index (χ2v) is 4.95. The fourth-order valence-electron chi connectivity index (χ4n) is 1.92. The van der Waals surface area contributed by atoms with E-state index >= 15 is 0 Å². The molecule has 0 fully saturated rings. The van der Waals surface area contributed by atoms with Crippen LogP contribution in [0, 0.1) is 0 Å². The topological polar surface area (TPSA) is 80.9 Å². The lowest BCUT2D eigenvalue weighted by Gasteiger charge is -2.16. The predicted octanol–water partition coefficient (Wildman–Crippen LogP) is 1.81. The van der Waals surface area contributed by atoms with Crippen molar-refractivity contribution in [2.45, 2.75) is 25.8 Å². The first-order valence-electron chi connectivity index (χ1n) is 6.42. The van der Waals surface area contributed by atoms with Crippen LogP contribution in [-0.2, 0) is 0 Å². The maximum absolute atomic E-state index is 12.2. The Morgan fingerprint density at radius 1 is 1.35 bits per heavy atom. The zero-order valence-electron chi connectivity index (χ0n) is 11.2. The second kappa shape index (κ2) is 6.38. The van der Waals surface area contributed by atoms with E-state index in [-0.39, 0.29) is 11.9 Å². The lowest BCUT2D eigenvalue weighted by atomic mass is 10.1. The standard InChI is InChI=1S/C14H16N4OS/c1-2-3-11(13(15)20)18-14(19)9-4-5-10-12(8-9)17-7-6-16-10/h4-8,11H,2-3H2,1H3,(H2,15,20)(H,18,19). The number of nitrogens with one attached hydrogen (secondary N) is 1. The molecule has 1 heterocycles. The number of nitrogens with two attached hydrogens (primary N) is 1. The zero-order valence-corrected chi connectivity index (χ0v) is 12.0. The van der Waals surface area contributed by atoms with Gasteiger partial charge in [-0.15, -0.1) is 0 Å². The van der Waals surface area contributed by atoms with Crippen molar-refractivity contribution in [2.75, 3.05) is 0 Å². The molecule has 0 aliphatic carbocycles. The summed E-state index contributed by atoms with van der Waals surface area (Å²) in [5.74, 6) is -0.205. The molecule has 1 atom stereocenters. The van der Waals surface area contributed by atoms with E-state index in [9.17, 15) is 4.79 Å². The van der Waals surface area contributed by atoms with Gasteiger partial charge in [-0.1, -0.05) is 25.6 Å². The molecule has 5 nitrogen and oxygen atoms in total. The highest BCUT2D eigenvalue weighted by Crippen LogP contribution is 2.11. The minimum atomic E-state index is -0.278. The summed E-state index contributed by atoms with van der Waals surface area (Å²) in [7, 11) is 0. The van der Waals surface area contributed by atoms with E-state index in [2.05, 4.69) is 15.3 Å². The summed E-state index contributed by atoms with van der Waals surface area (Å²) in [6, 6.07) is 4.92. The quantitative estimate of drug-likeness (QED) is 0.820. The fraction of sp³-hybridized carbons (Fsp3) is 0.286. The summed E-state index contributed by atoms with van der Waals surface area (Å²) in [6.07, 6.45) is 4.84. The summed E-state index contributed by atoms with van der Waals surface area (Å²) >= 11 is 4.97. The molecule has 1 aromatic carbocycles. The van der Waals surface area contributed by atoms with Crippen molar-refractivity contribution in [3.05, 3.63) is 36.2 Å². The Morgan fingerprint density at radius 3 is 2.70 bits per heavy atom. The molecule has 2 aromatic rings. The van der Waals surface area contributed by atoms with E-state index in [0.717, 1.165) is 18.4 Å². The summed E-state index contributed by atoms with van der Waals surface area (Å²) in [5, 5.41) is 2.85. The minimum absolute atomic E-state index is 0.205. The molecule has 20 heavy (non-hydrogen) atoms. The number of amides is 1. The van der Waals surface area contributed by atoms with Crippen LogP contribution in [0.4, 0.5) is 0 Å². The monoisotopic (exact) mass is 288 g/mol. The van der Waals surface area contributed by atoms with Gasteiger partial charge < -0.3 is 11.1 Å². The Kier molecular flexibility index (Phi) is 4.57. The molecule has 0 radical (unpaired) electrons. The number of hydrogen-bond donors (Lipinski definition) is 2. The molecule has 0 saturated heterocycles. The number of aromatic nitrogens is 2. The second-order valence-electron chi connectivity index (χ2n) is 4.48. The van der Waals surface area contributed by atoms with Gasteiger partial charge in [-0.3, -0.25) is 14.8 Å². The molecule has 0 bridgehead atoms. The first kappa shape index (κ1) is 14.3. The number of benzene rings is 1. The van der Waals surface area contributed by atoms with Crippen LogP contribution in [0.15, 0.2) is 30.6 Å². The zero-order chi connectivity index (χ0) is 14.5. The van der Waals surface area contributed by atoms with Crippen LogP contribution in [0.25, 0.3) is 11.0 Å². The van der Waals surface area contributed by atoms with E-state index in [1.807, 2.05) is 6.92 Å².